The van der Waals surface area contributed by atoms with Gasteiger partial charge >= 0.3 is 0 Å². The van der Waals surface area contributed by atoms with E-state index in [-0.39, 0.29) is 11.7 Å². The molecule has 98 valence electrons. The standard InChI is InChI=1S/C15H16N2O2/c1-10-12(3-2-4-14(10)16)9-17-15(19)11-5-7-13(18)8-6-11/h2-8,18H,9,16H2,1H3,(H,17,19). The van der Waals surface area contributed by atoms with Crippen molar-refractivity contribution in [1.82, 2.24) is 5.32 Å². The minimum Gasteiger partial charge on any atom is -0.508 e. The zero-order valence-electron chi connectivity index (χ0n) is 10.7. The second-order valence-corrected chi connectivity index (χ2v) is 4.36. The quantitative estimate of drug-likeness (QED) is 0.737. The number of nitrogens with two attached hydrogens (primary N) is 1. The number of nitrogens with one attached hydrogen (secondary N) is 1. The molecule has 2 aromatic carbocycles. The Bertz CT molecular complexity index is 592. The first kappa shape index (κ1) is 13.0. The van der Waals surface area contributed by atoms with Gasteiger partial charge in [0.15, 0.2) is 0 Å². The number of nitrogen functional groups attached to an aromatic ring is 1. The highest BCUT2D eigenvalue weighted by atomic mass is 16.3. The second kappa shape index (κ2) is 5.44. The smallest absolute Gasteiger partial charge is 0.251 e. The molecule has 2 rings (SSSR count). The Kier molecular flexibility index (Phi) is 3.71. The van der Waals surface area contributed by atoms with E-state index in [0.717, 1.165) is 16.8 Å². The van der Waals surface area contributed by atoms with Crippen molar-refractivity contribution in [3.05, 3.63) is 59.2 Å². The van der Waals surface area contributed by atoms with Gasteiger partial charge in [-0.1, -0.05) is 12.1 Å². The number of carbonyl (C=O) groups excluding carboxylic acids is 1. The highest BCUT2D eigenvalue weighted by Crippen LogP contribution is 2.15. The van der Waals surface area contributed by atoms with E-state index in [0.29, 0.717) is 12.1 Å². The van der Waals surface area contributed by atoms with Crippen molar-refractivity contribution >= 4 is 11.6 Å². The highest BCUT2D eigenvalue weighted by Gasteiger charge is 2.06. The molecular weight excluding hydrogens is 240 g/mol. The van der Waals surface area contributed by atoms with Crippen molar-refractivity contribution in [2.24, 2.45) is 0 Å². The van der Waals surface area contributed by atoms with Crippen LogP contribution in [0.15, 0.2) is 42.5 Å². The summed E-state index contributed by atoms with van der Waals surface area (Å²) in [5.41, 5.74) is 9.02. The lowest BCUT2D eigenvalue weighted by Crippen LogP contribution is -2.23. The zero-order chi connectivity index (χ0) is 13.8. The first-order valence-electron chi connectivity index (χ1n) is 5.99. The lowest BCUT2D eigenvalue weighted by molar-refractivity contribution is 0.0951. The van der Waals surface area contributed by atoms with Gasteiger partial charge in [-0.3, -0.25) is 4.79 Å². The predicted molar refractivity (Wildman–Crippen MR) is 74.9 cm³/mol. The molecule has 0 unspecified atom stereocenters. The summed E-state index contributed by atoms with van der Waals surface area (Å²) in [6.07, 6.45) is 0. The Labute approximate surface area is 111 Å². The average molecular weight is 256 g/mol. The van der Waals surface area contributed by atoms with Gasteiger partial charge in [-0.2, -0.15) is 0 Å². The molecule has 2 aromatic rings. The largest absolute Gasteiger partial charge is 0.508 e. The third-order valence-electron chi connectivity index (χ3n) is 3.06. The molecular formula is C15H16N2O2. The van der Waals surface area contributed by atoms with Gasteiger partial charge in [0.2, 0.25) is 0 Å². The van der Waals surface area contributed by atoms with E-state index in [4.69, 9.17) is 10.8 Å². The Hall–Kier alpha value is -2.49. The Morgan fingerprint density at radius 2 is 1.89 bits per heavy atom. The lowest BCUT2D eigenvalue weighted by Gasteiger charge is -2.09. The number of carbonyl (C=O) groups is 1. The number of benzene rings is 2. The molecule has 4 heteroatoms. The number of phenols is 1. The van der Waals surface area contributed by atoms with Gasteiger partial charge in [-0.15, -0.1) is 0 Å². The molecule has 4 nitrogen and oxygen atoms in total. The third kappa shape index (κ3) is 3.04. The van der Waals surface area contributed by atoms with Gasteiger partial charge in [0, 0.05) is 17.8 Å². The molecule has 0 atom stereocenters. The van der Waals surface area contributed by atoms with E-state index >= 15 is 0 Å². The summed E-state index contributed by atoms with van der Waals surface area (Å²) in [6, 6.07) is 11.8. The lowest BCUT2D eigenvalue weighted by atomic mass is 10.1. The summed E-state index contributed by atoms with van der Waals surface area (Å²) in [7, 11) is 0. The van der Waals surface area contributed by atoms with E-state index in [1.807, 2.05) is 25.1 Å². The van der Waals surface area contributed by atoms with Crippen molar-refractivity contribution in [1.29, 1.82) is 0 Å². The van der Waals surface area contributed by atoms with Crippen LogP contribution in [0.25, 0.3) is 0 Å². The van der Waals surface area contributed by atoms with Crippen LogP contribution in [0.3, 0.4) is 0 Å². The maximum Gasteiger partial charge on any atom is 0.251 e. The number of aromatic hydroxyl groups is 1. The molecule has 0 heterocycles. The molecule has 4 N–H and O–H groups in total. The Morgan fingerprint density at radius 3 is 2.58 bits per heavy atom. The third-order valence-corrected chi connectivity index (χ3v) is 3.06. The van der Waals surface area contributed by atoms with Crippen molar-refractivity contribution in [2.75, 3.05) is 5.73 Å². The minimum atomic E-state index is -0.179. The van der Waals surface area contributed by atoms with Gasteiger partial charge in [-0.25, -0.2) is 0 Å². The van der Waals surface area contributed by atoms with E-state index in [9.17, 15) is 4.79 Å². The van der Waals surface area contributed by atoms with Gasteiger partial charge < -0.3 is 16.2 Å². The van der Waals surface area contributed by atoms with Crippen LogP contribution in [0.5, 0.6) is 5.75 Å². The van der Waals surface area contributed by atoms with E-state index in [2.05, 4.69) is 5.32 Å². The summed E-state index contributed by atoms with van der Waals surface area (Å²) < 4.78 is 0. The van der Waals surface area contributed by atoms with Crippen LogP contribution in [0.2, 0.25) is 0 Å². The molecule has 0 radical (unpaired) electrons. The number of anilines is 1. The van der Waals surface area contributed by atoms with Crippen LogP contribution in [-0.2, 0) is 6.54 Å². The molecule has 0 bridgehead atoms. The maximum atomic E-state index is 11.9. The summed E-state index contributed by atoms with van der Waals surface area (Å²) in [5.74, 6) is -0.0370. The Morgan fingerprint density at radius 1 is 1.21 bits per heavy atom. The number of phenolic OH excluding ortho intramolecular Hbond substituents is 1. The van der Waals surface area contributed by atoms with Crippen LogP contribution in [0, 0.1) is 6.92 Å². The molecule has 1 amide bonds. The molecule has 0 aliphatic carbocycles. The summed E-state index contributed by atoms with van der Waals surface area (Å²) in [5, 5.41) is 12.0. The number of hydrogen-bond acceptors (Lipinski definition) is 3. The summed E-state index contributed by atoms with van der Waals surface area (Å²) in [4.78, 5) is 11.9. The maximum absolute atomic E-state index is 11.9. The van der Waals surface area contributed by atoms with Crippen LogP contribution in [0.4, 0.5) is 5.69 Å². The van der Waals surface area contributed by atoms with Crippen LogP contribution >= 0.6 is 0 Å². The first-order chi connectivity index (χ1) is 9.08. The fourth-order valence-corrected chi connectivity index (χ4v) is 1.79. The first-order valence-corrected chi connectivity index (χ1v) is 5.99. The molecule has 0 aromatic heterocycles. The predicted octanol–water partition coefficient (Wildman–Crippen LogP) is 2.21. The van der Waals surface area contributed by atoms with Crippen LogP contribution in [-0.4, -0.2) is 11.0 Å². The number of rotatable bonds is 3. The molecule has 0 aliphatic rings. The van der Waals surface area contributed by atoms with Crippen molar-refractivity contribution in [2.45, 2.75) is 13.5 Å². The number of amides is 1. The normalized spacial score (nSPS) is 10.2. The molecule has 0 fully saturated rings. The Balaban J connectivity index is 2.04. The van der Waals surface area contributed by atoms with E-state index < -0.39 is 0 Å². The molecule has 0 aliphatic heterocycles. The van der Waals surface area contributed by atoms with Crippen molar-refractivity contribution in [3.63, 3.8) is 0 Å². The zero-order valence-corrected chi connectivity index (χ0v) is 10.7. The van der Waals surface area contributed by atoms with Crippen molar-refractivity contribution in [3.8, 4) is 5.75 Å². The van der Waals surface area contributed by atoms with E-state index in [1.54, 1.807) is 12.1 Å². The SMILES string of the molecule is Cc1c(N)cccc1CNC(=O)c1ccc(O)cc1. The summed E-state index contributed by atoms with van der Waals surface area (Å²) in [6.45, 7) is 2.36. The van der Waals surface area contributed by atoms with Gasteiger partial charge in [0.05, 0.1) is 0 Å². The fraction of sp³-hybridized carbons (Fsp3) is 0.133. The van der Waals surface area contributed by atoms with Crippen LogP contribution in [0.1, 0.15) is 21.5 Å². The number of hydrogen-bond donors (Lipinski definition) is 3. The monoisotopic (exact) mass is 256 g/mol. The minimum absolute atomic E-state index is 0.142. The van der Waals surface area contributed by atoms with Gasteiger partial charge in [0.25, 0.3) is 5.91 Å². The van der Waals surface area contributed by atoms with Crippen molar-refractivity contribution < 1.29 is 9.90 Å². The molecule has 0 saturated heterocycles. The second-order valence-electron chi connectivity index (χ2n) is 4.36. The summed E-state index contributed by atoms with van der Waals surface area (Å²) >= 11 is 0. The van der Waals surface area contributed by atoms with E-state index in [1.165, 1.54) is 12.1 Å². The highest BCUT2D eigenvalue weighted by molar-refractivity contribution is 5.94. The van der Waals surface area contributed by atoms with Crippen LogP contribution < -0.4 is 11.1 Å². The van der Waals surface area contributed by atoms with Gasteiger partial charge in [-0.05, 0) is 48.4 Å². The average Bonchev–Trinajstić information content (AvgIpc) is 2.41. The molecule has 19 heavy (non-hydrogen) atoms. The molecule has 0 spiro atoms. The van der Waals surface area contributed by atoms with Gasteiger partial charge in [0.1, 0.15) is 5.75 Å². The topological polar surface area (TPSA) is 75.3 Å². The fourth-order valence-electron chi connectivity index (χ4n) is 1.79. The molecule has 0 saturated carbocycles.